The van der Waals surface area contributed by atoms with Crippen molar-refractivity contribution < 1.29 is 29.4 Å². The molecule has 2 aliphatic heterocycles. The van der Waals surface area contributed by atoms with Crippen LogP contribution in [0.25, 0.3) is 0 Å². The van der Waals surface area contributed by atoms with Crippen LogP contribution in [-0.2, 0) is 14.4 Å². The number of nitrogens with zero attached hydrogens (tertiary/aromatic N) is 2. The van der Waals surface area contributed by atoms with Crippen LogP contribution in [0.2, 0.25) is 0 Å². The number of carbonyl (C=O) groups is 3. The van der Waals surface area contributed by atoms with E-state index in [2.05, 4.69) is 0 Å². The number of aromatic carboxylic acids is 1. The molecule has 0 saturated carbocycles. The third-order valence-corrected chi connectivity index (χ3v) is 6.03. The van der Waals surface area contributed by atoms with Gasteiger partial charge in [0.2, 0.25) is 5.91 Å². The predicted octanol–water partition coefficient (Wildman–Crippen LogP) is 3.45. The van der Waals surface area contributed by atoms with Gasteiger partial charge in [-0.25, -0.2) is 14.8 Å². The first-order valence-electron chi connectivity index (χ1n) is 10.4. The van der Waals surface area contributed by atoms with Gasteiger partial charge < -0.3 is 10.2 Å². The Bertz CT molecular complexity index is 1250. The summed E-state index contributed by atoms with van der Waals surface area (Å²) in [6.07, 6.45) is -1.08. The Balaban J connectivity index is 1.57. The average molecular weight is 444 g/mol. The first-order valence-corrected chi connectivity index (χ1v) is 10.4. The van der Waals surface area contributed by atoms with E-state index in [0.29, 0.717) is 11.3 Å². The number of phenolic OH excluding ortho intramolecular Hbond substituents is 1. The first-order chi connectivity index (χ1) is 15.9. The maximum atomic E-state index is 13.5. The van der Waals surface area contributed by atoms with Crippen LogP contribution in [0.3, 0.4) is 0 Å². The second-order valence-corrected chi connectivity index (χ2v) is 8.08. The third-order valence-electron chi connectivity index (χ3n) is 6.03. The largest absolute Gasteiger partial charge is 0.508 e. The molecule has 0 bridgehead atoms. The molecule has 0 aliphatic carbocycles. The monoisotopic (exact) mass is 444 g/mol. The van der Waals surface area contributed by atoms with E-state index < -0.39 is 35.8 Å². The lowest BCUT2D eigenvalue weighted by molar-refractivity contribution is -0.126. The quantitative estimate of drug-likeness (QED) is 0.594. The molecule has 3 atom stereocenters. The number of rotatable bonds is 4. The fourth-order valence-electron chi connectivity index (χ4n) is 4.39. The molecule has 0 radical (unpaired) electrons. The Morgan fingerprint density at radius 3 is 2.15 bits per heavy atom. The molecule has 8 heteroatoms. The molecule has 33 heavy (non-hydrogen) atoms. The van der Waals surface area contributed by atoms with Crippen LogP contribution in [0, 0.1) is 12.8 Å². The molecule has 2 heterocycles. The topological polar surface area (TPSA) is 107 Å². The molecule has 2 fully saturated rings. The lowest BCUT2D eigenvalue weighted by Gasteiger charge is -2.29. The minimum absolute atomic E-state index is 0.00614. The van der Waals surface area contributed by atoms with Crippen LogP contribution in [0.4, 0.5) is 11.4 Å². The highest BCUT2D eigenvalue weighted by molar-refractivity contribution is 6.24. The summed E-state index contributed by atoms with van der Waals surface area (Å²) in [4.78, 5) is 45.0. The van der Waals surface area contributed by atoms with E-state index >= 15 is 0 Å². The highest BCUT2D eigenvalue weighted by atomic mass is 16.7. The van der Waals surface area contributed by atoms with Crippen LogP contribution in [0.5, 0.6) is 5.75 Å². The molecule has 166 valence electrons. The number of carbonyl (C=O) groups excluding carboxylic acids is 2. The lowest BCUT2D eigenvalue weighted by Crippen LogP contribution is -2.37. The number of carboxylic acids is 1. The van der Waals surface area contributed by atoms with Crippen molar-refractivity contribution in [3.05, 3.63) is 89.5 Å². The van der Waals surface area contributed by atoms with Gasteiger partial charge in [0.25, 0.3) is 5.91 Å². The van der Waals surface area contributed by atoms with E-state index in [-0.39, 0.29) is 17.0 Å². The van der Waals surface area contributed by atoms with Crippen molar-refractivity contribution in [1.29, 1.82) is 0 Å². The SMILES string of the molecule is Cc1ccc(N2O[C@@H]3C(=O)N(c4ccc(C(=O)O)cc4)C(=O)[C@@H]3[C@@H]2c2ccccc2O)cc1. The molecule has 0 spiro atoms. The molecule has 0 unspecified atom stereocenters. The van der Waals surface area contributed by atoms with E-state index in [9.17, 15) is 19.5 Å². The van der Waals surface area contributed by atoms with Crippen molar-refractivity contribution in [2.75, 3.05) is 9.96 Å². The molecule has 2 saturated heterocycles. The Hall–Kier alpha value is -4.17. The van der Waals surface area contributed by atoms with Crippen LogP contribution >= 0.6 is 0 Å². The molecular weight excluding hydrogens is 424 g/mol. The van der Waals surface area contributed by atoms with Gasteiger partial charge in [0.1, 0.15) is 11.7 Å². The Labute approximate surface area is 189 Å². The summed E-state index contributed by atoms with van der Waals surface area (Å²) < 4.78 is 0. The minimum atomic E-state index is -1.10. The van der Waals surface area contributed by atoms with Crippen LogP contribution in [0.1, 0.15) is 27.5 Å². The molecular formula is C25H20N2O6. The van der Waals surface area contributed by atoms with E-state index in [4.69, 9.17) is 9.94 Å². The summed E-state index contributed by atoms with van der Waals surface area (Å²) in [7, 11) is 0. The maximum absolute atomic E-state index is 13.5. The van der Waals surface area contributed by atoms with E-state index in [1.807, 2.05) is 31.2 Å². The number of imide groups is 1. The predicted molar refractivity (Wildman–Crippen MR) is 119 cm³/mol. The number of anilines is 2. The van der Waals surface area contributed by atoms with Crippen LogP contribution < -0.4 is 9.96 Å². The van der Waals surface area contributed by atoms with E-state index in [1.165, 1.54) is 35.4 Å². The van der Waals surface area contributed by atoms with E-state index in [1.54, 1.807) is 18.2 Å². The van der Waals surface area contributed by atoms with Crippen molar-refractivity contribution in [2.24, 2.45) is 5.92 Å². The van der Waals surface area contributed by atoms with Gasteiger partial charge in [-0.3, -0.25) is 14.4 Å². The molecule has 2 amide bonds. The van der Waals surface area contributed by atoms with Gasteiger partial charge >= 0.3 is 5.97 Å². The molecule has 2 N–H and O–H groups in total. The first kappa shape index (κ1) is 20.7. The molecule has 5 rings (SSSR count). The van der Waals surface area contributed by atoms with Crippen molar-refractivity contribution in [1.82, 2.24) is 0 Å². The number of hydroxylamine groups is 1. The molecule has 8 nitrogen and oxygen atoms in total. The molecule has 3 aromatic carbocycles. The number of hydrogen-bond donors (Lipinski definition) is 2. The zero-order valence-electron chi connectivity index (χ0n) is 17.6. The average Bonchev–Trinajstić information content (AvgIpc) is 3.31. The number of phenols is 1. The van der Waals surface area contributed by atoms with Crippen molar-refractivity contribution in [3.8, 4) is 5.75 Å². The second kappa shape index (κ2) is 7.75. The van der Waals surface area contributed by atoms with Crippen molar-refractivity contribution >= 4 is 29.2 Å². The number of fused-ring (bicyclic) bond motifs is 1. The summed E-state index contributed by atoms with van der Waals surface area (Å²) in [6.45, 7) is 1.95. The van der Waals surface area contributed by atoms with Gasteiger partial charge in [0.15, 0.2) is 6.10 Å². The number of aromatic hydroxyl groups is 1. The zero-order chi connectivity index (χ0) is 23.3. The summed E-state index contributed by atoms with van der Waals surface area (Å²) in [5.74, 6) is -3.02. The van der Waals surface area contributed by atoms with Gasteiger partial charge in [-0.05, 0) is 49.4 Å². The highest BCUT2D eigenvalue weighted by Gasteiger charge is 2.60. The zero-order valence-corrected chi connectivity index (χ0v) is 17.6. The van der Waals surface area contributed by atoms with Crippen LogP contribution in [0.15, 0.2) is 72.8 Å². The van der Waals surface area contributed by atoms with E-state index in [0.717, 1.165) is 10.5 Å². The Morgan fingerprint density at radius 1 is 0.879 bits per heavy atom. The third kappa shape index (κ3) is 3.32. The molecule has 3 aromatic rings. The number of benzene rings is 3. The highest BCUT2D eigenvalue weighted by Crippen LogP contribution is 2.49. The number of aryl methyl sites for hydroxylation is 1. The Morgan fingerprint density at radius 2 is 1.52 bits per heavy atom. The summed E-state index contributed by atoms with van der Waals surface area (Å²) >= 11 is 0. The summed E-state index contributed by atoms with van der Waals surface area (Å²) in [5, 5.41) is 21.2. The van der Waals surface area contributed by atoms with Gasteiger partial charge in [-0.1, -0.05) is 35.9 Å². The van der Waals surface area contributed by atoms with Gasteiger partial charge in [0.05, 0.1) is 23.0 Å². The fraction of sp³-hybridized carbons (Fsp3) is 0.160. The molecule has 2 aliphatic rings. The number of para-hydroxylation sites is 1. The van der Waals surface area contributed by atoms with Crippen LogP contribution in [-0.4, -0.2) is 34.1 Å². The second-order valence-electron chi connectivity index (χ2n) is 8.08. The van der Waals surface area contributed by atoms with Crippen molar-refractivity contribution in [2.45, 2.75) is 19.1 Å². The normalized spacial score (nSPS) is 22.0. The van der Waals surface area contributed by atoms with Crippen molar-refractivity contribution in [3.63, 3.8) is 0 Å². The fourth-order valence-corrected chi connectivity index (χ4v) is 4.39. The Kier molecular flexibility index (Phi) is 4.87. The van der Waals surface area contributed by atoms with Gasteiger partial charge in [-0.2, -0.15) is 0 Å². The van der Waals surface area contributed by atoms with Gasteiger partial charge in [0, 0.05) is 5.56 Å². The number of amides is 2. The smallest absolute Gasteiger partial charge is 0.335 e. The number of hydrogen-bond acceptors (Lipinski definition) is 6. The standard InChI is InChI=1S/C25H20N2O6/c1-14-6-10-17(11-7-14)27-21(18-4-2-3-5-19(18)28)20-22(33-27)24(30)26(23(20)29)16-12-8-15(9-13-16)25(31)32/h2-13,20-22,28H,1H3,(H,31,32)/t20-,21+,22+/m1/s1. The summed E-state index contributed by atoms with van der Waals surface area (Å²) in [6, 6.07) is 18.9. The lowest BCUT2D eigenvalue weighted by atomic mass is 9.90. The maximum Gasteiger partial charge on any atom is 0.335 e. The number of carboxylic acid groups (broad SMARTS) is 1. The minimum Gasteiger partial charge on any atom is -0.508 e. The molecule has 0 aromatic heterocycles. The summed E-state index contributed by atoms with van der Waals surface area (Å²) in [5.41, 5.74) is 2.48. The van der Waals surface area contributed by atoms with Gasteiger partial charge in [-0.15, -0.1) is 0 Å².